The third-order valence-corrected chi connectivity index (χ3v) is 6.73. The monoisotopic (exact) mass is 491 g/mol. The number of oxazole rings is 1. The highest BCUT2D eigenvalue weighted by atomic mass is 16.6. The molecule has 4 atom stereocenters. The van der Waals surface area contributed by atoms with E-state index in [0.29, 0.717) is 24.7 Å². The Morgan fingerprint density at radius 3 is 2.61 bits per heavy atom. The van der Waals surface area contributed by atoms with Gasteiger partial charge in [0.05, 0.1) is 24.7 Å². The Kier molecular flexibility index (Phi) is 7.32. The predicted octanol–water partition coefficient (Wildman–Crippen LogP) is 4.48. The van der Waals surface area contributed by atoms with Crippen LogP contribution in [0, 0.1) is 5.92 Å². The van der Waals surface area contributed by atoms with E-state index in [1.165, 1.54) is 6.26 Å². The van der Waals surface area contributed by atoms with Crippen LogP contribution in [0.4, 0.5) is 0 Å². The second-order valence-corrected chi connectivity index (χ2v) is 9.02. The number of hydrogen-bond donors (Lipinski definition) is 0. The molecule has 188 valence electrons. The Morgan fingerprint density at radius 2 is 1.78 bits per heavy atom. The minimum atomic E-state index is -0.521. The highest BCUT2D eigenvalue weighted by molar-refractivity contribution is 5.86. The molecule has 0 unspecified atom stereocenters. The van der Waals surface area contributed by atoms with Gasteiger partial charge in [0.25, 0.3) is 0 Å². The van der Waals surface area contributed by atoms with Gasteiger partial charge in [0.15, 0.2) is 12.3 Å². The first-order valence-electron chi connectivity index (χ1n) is 12.3. The molecule has 0 aliphatic carbocycles. The second kappa shape index (κ2) is 11.0. The van der Waals surface area contributed by atoms with Crippen molar-refractivity contribution in [1.82, 2.24) is 4.98 Å². The van der Waals surface area contributed by atoms with Gasteiger partial charge in [-0.2, -0.15) is 0 Å². The van der Waals surface area contributed by atoms with Gasteiger partial charge in [-0.05, 0) is 43.4 Å². The molecule has 8 heteroatoms. The lowest BCUT2D eigenvalue weighted by molar-refractivity contribution is -0.145. The summed E-state index contributed by atoms with van der Waals surface area (Å²) in [6.45, 7) is 2.10. The molecule has 36 heavy (non-hydrogen) atoms. The minimum Gasteiger partial charge on any atom is -0.482 e. The standard InChI is InChI=1S/C28H29NO7/c1-2-32-25(30)17-33-22-11-7-6-10-19(22)14-20-23-12-13-24(36-23)26(20)27-29-21(16-34-27)28(31)35-15-18-8-4-3-5-9-18/h3-11,16,20,23-24,26H,2,12-15,17H2,1H3/t20-,23-,24+,26-/m0/s1. The van der Waals surface area contributed by atoms with Crippen LogP contribution in [-0.4, -0.2) is 42.3 Å². The summed E-state index contributed by atoms with van der Waals surface area (Å²) in [6.07, 6.45) is 3.97. The van der Waals surface area contributed by atoms with Crippen molar-refractivity contribution in [3.63, 3.8) is 0 Å². The van der Waals surface area contributed by atoms with Gasteiger partial charge in [0.2, 0.25) is 5.89 Å². The van der Waals surface area contributed by atoms with Crippen molar-refractivity contribution >= 4 is 11.9 Å². The van der Waals surface area contributed by atoms with E-state index < -0.39 is 11.9 Å². The first-order valence-corrected chi connectivity index (χ1v) is 12.3. The SMILES string of the molecule is CCOC(=O)COc1ccccc1C[C@@H]1[C@H](c2nc(C(=O)OCc3ccccc3)co2)[C@H]2CC[C@@H]1O2. The van der Waals surface area contributed by atoms with Crippen LogP contribution in [-0.2, 0) is 32.0 Å². The van der Waals surface area contributed by atoms with Gasteiger partial charge in [0.1, 0.15) is 18.6 Å². The Bertz CT molecular complexity index is 1190. The number of aromatic nitrogens is 1. The van der Waals surface area contributed by atoms with E-state index in [9.17, 15) is 9.59 Å². The van der Waals surface area contributed by atoms with Crippen LogP contribution >= 0.6 is 0 Å². The lowest BCUT2D eigenvalue weighted by Crippen LogP contribution is -2.28. The molecule has 0 spiro atoms. The predicted molar refractivity (Wildman–Crippen MR) is 128 cm³/mol. The van der Waals surface area contributed by atoms with Crippen LogP contribution in [0.5, 0.6) is 5.75 Å². The van der Waals surface area contributed by atoms with Crippen LogP contribution in [0.2, 0.25) is 0 Å². The maximum atomic E-state index is 12.6. The summed E-state index contributed by atoms with van der Waals surface area (Å²) in [5.74, 6) is 0.223. The molecule has 3 heterocycles. The summed E-state index contributed by atoms with van der Waals surface area (Å²) >= 11 is 0. The van der Waals surface area contributed by atoms with Crippen LogP contribution in [0.1, 0.15) is 53.2 Å². The van der Waals surface area contributed by atoms with E-state index in [1.54, 1.807) is 6.92 Å². The summed E-state index contributed by atoms with van der Waals surface area (Å²) in [7, 11) is 0. The van der Waals surface area contributed by atoms with Crippen molar-refractivity contribution in [2.24, 2.45) is 5.92 Å². The zero-order chi connectivity index (χ0) is 24.9. The van der Waals surface area contributed by atoms with Crippen LogP contribution < -0.4 is 4.74 Å². The van der Waals surface area contributed by atoms with Gasteiger partial charge in [-0.15, -0.1) is 0 Å². The Morgan fingerprint density at radius 1 is 1.00 bits per heavy atom. The van der Waals surface area contributed by atoms with Crippen LogP contribution in [0.15, 0.2) is 65.3 Å². The lowest BCUT2D eigenvalue weighted by Gasteiger charge is -2.26. The number of hydrogen-bond acceptors (Lipinski definition) is 8. The molecule has 0 N–H and O–H groups in total. The molecule has 2 fully saturated rings. The van der Waals surface area contributed by atoms with E-state index >= 15 is 0 Å². The van der Waals surface area contributed by atoms with E-state index in [4.69, 9.17) is 23.4 Å². The molecular formula is C28H29NO7. The molecule has 2 aliphatic rings. The largest absolute Gasteiger partial charge is 0.482 e. The number of carbonyl (C=O) groups excluding carboxylic acids is 2. The third-order valence-electron chi connectivity index (χ3n) is 6.73. The average Bonchev–Trinajstić information content (AvgIpc) is 3.65. The van der Waals surface area contributed by atoms with Gasteiger partial charge in [0, 0.05) is 5.92 Å². The maximum absolute atomic E-state index is 12.6. The normalized spacial score (nSPS) is 22.4. The molecular weight excluding hydrogens is 462 g/mol. The lowest BCUT2D eigenvalue weighted by atomic mass is 9.76. The van der Waals surface area contributed by atoms with E-state index in [0.717, 1.165) is 24.0 Å². The van der Waals surface area contributed by atoms with Gasteiger partial charge >= 0.3 is 11.9 Å². The van der Waals surface area contributed by atoms with Crippen molar-refractivity contribution in [3.05, 3.63) is 83.6 Å². The topological polar surface area (TPSA) is 97.1 Å². The first-order chi connectivity index (χ1) is 17.6. The van der Waals surface area contributed by atoms with Crippen molar-refractivity contribution in [2.75, 3.05) is 13.2 Å². The fraction of sp³-hybridized carbons (Fsp3) is 0.393. The molecule has 2 aromatic carbocycles. The molecule has 2 aliphatic heterocycles. The van der Waals surface area contributed by atoms with E-state index in [2.05, 4.69) is 4.98 Å². The Balaban J connectivity index is 1.28. The maximum Gasteiger partial charge on any atom is 0.360 e. The highest BCUT2D eigenvalue weighted by Gasteiger charge is 2.51. The van der Waals surface area contributed by atoms with Gasteiger partial charge in [-0.3, -0.25) is 0 Å². The molecule has 1 aromatic heterocycles. The molecule has 2 saturated heterocycles. The molecule has 2 bridgehead atoms. The first kappa shape index (κ1) is 24.1. The molecule has 5 rings (SSSR count). The summed E-state index contributed by atoms with van der Waals surface area (Å²) in [5.41, 5.74) is 2.03. The minimum absolute atomic E-state index is 0.0144. The zero-order valence-electron chi connectivity index (χ0n) is 20.1. The second-order valence-electron chi connectivity index (χ2n) is 9.02. The van der Waals surface area contributed by atoms with Crippen LogP contribution in [0.25, 0.3) is 0 Å². The molecule has 0 radical (unpaired) electrons. The van der Waals surface area contributed by atoms with Gasteiger partial charge in [-0.25, -0.2) is 14.6 Å². The summed E-state index contributed by atoms with van der Waals surface area (Å²) in [6, 6.07) is 17.2. The third kappa shape index (κ3) is 5.28. The summed E-state index contributed by atoms with van der Waals surface area (Å²) in [4.78, 5) is 28.8. The van der Waals surface area contributed by atoms with E-state index in [1.807, 2.05) is 54.6 Å². The fourth-order valence-corrected chi connectivity index (χ4v) is 5.11. The zero-order valence-corrected chi connectivity index (χ0v) is 20.1. The smallest absolute Gasteiger partial charge is 0.360 e. The highest BCUT2D eigenvalue weighted by Crippen LogP contribution is 2.50. The number of benzene rings is 2. The van der Waals surface area contributed by atoms with Crippen molar-refractivity contribution < 1.29 is 33.0 Å². The Labute approximate surface area is 209 Å². The number of carbonyl (C=O) groups is 2. The number of rotatable bonds is 10. The van der Waals surface area contributed by atoms with Crippen LogP contribution in [0.3, 0.4) is 0 Å². The van der Waals surface area contributed by atoms with Gasteiger partial charge in [-0.1, -0.05) is 48.5 Å². The fourth-order valence-electron chi connectivity index (χ4n) is 5.11. The molecule has 3 aromatic rings. The summed E-state index contributed by atoms with van der Waals surface area (Å²) in [5, 5.41) is 0. The number of nitrogens with zero attached hydrogens (tertiary/aromatic N) is 1. The van der Waals surface area contributed by atoms with Crippen molar-refractivity contribution in [2.45, 2.75) is 50.9 Å². The molecule has 8 nitrogen and oxygen atoms in total. The van der Waals surface area contributed by atoms with E-state index in [-0.39, 0.29) is 43.0 Å². The number of para-hydroxylation sites is 1. The quantitative estimate of drug-likeness (QED) is 0.383. The van der Waals surface area contributed by atoms with Crippen molar-refractivity contribution in [3.8, 4) is 5.75 Å². The number of esters is 2. The molecule has 0 saturated carbocycles. The van der Waals surface area contributed by atoms with Crippen molar-refractivity contribution in [1.29, 1.82) is 0 Å². The van der Waals surface area contributed by atoms with Gasteiger partial charge < -0.3 is 23.4 Å². The average molecular weight is 492 g/mol. The summed E-state index contributed by atoms with van der Waals surface area (Å²) < 4.78 is 28.2. The number of fused-ring (bicyclic) bond motifs is 2. The molecule has 0 amide bonds. The Hall–Kier alpha value is -3.65. The number of ether oxygens (including phenoxy) is 4.